The van der Waals surface area contributed by atoms with E-state index in [1.165, 1.54) is 12.1 Å². The molecule has 0 unspecified atom stereocenters. The Kier molecular flexibility index (Phi) is 5.65. The first kappa shape index (κ1) is 14.0. The first-order chi connectivity index (χ1) is 8.67. The summed E-state index contributed by atoms with van der Waals surface area (Å²) < 4.78 is 13.5. The molecule has 0 aliphatic carbocycles. The highest BCUT2D eigenvalue weighted by Crippen LogP contribution is 2.09. The SMILES string of the molecule is CCCCNC(=O)NCc1ccc(C#N)cc1F. The molecule has 18 heavy (non-hydrogen) atoms. The van der Waals surface area contributed by atoms with Crippen LogP contribution >= 0.6 is 0 Å². The molecule has 0 atom stereocenters. The molecule has 0 spiro atoms. The van der Waals surface area contributed by atoms with E-state index in [1.807, 2.05) is 13.0 Å². The van der Waals surface area contributed by atoms with Crippen LogP contribution in [0.15, 0.2) is 18.2 Å². The number of nitriles is 1. The lowest BCUT2D eigenvalue weighted by molar-refractivity contribution is 0.240. The minimum atomic E-state index is -0.483. The van der Waals surface area contributed by atoms with E-state index in [0.717, 1.165) is 18.9 Å². The molecule has 1 aromatic carbocycles. The lowest BCUT2D eigenvalue weighted by Crippen LogP contribution is -2.35. The van der Waals surface area contributed by atoms with Gasteiger partial charge in [0.1, 0.15) is 5.82 Å². The number of amides is 2. The Bertz CT molecular complexity index is 454. The number of carbonyl (C=O) groups is 1. The van der Waals surface area contributed by atoms with Crippen molar-refractivity contribution in [3.8, 4) is 6.07 Å². The van der Waals surface area contributed by atoms with Gasteiger partial charge in [0.25, 0.3) is 0 Å². The highest BCUT2D eigenvalue weighted by Gasteiger charge is 2.05. The summed E-state index contributed by atoms with van der Waals surface area (Å²) in [7, 11) is 0. The van der Waals surface area contributed by atoms with Crippen molar-refractivity contribution in [2.45, 2.75) is 26.3 Å². The zero-order valence-electron chi connectivity index (χ0n) is 10.3. The Hall–Kier alpha value is -2.09. The van der Waals surface area contributed by atoms with Gasteiger partial charge in [-0.3, -0.25) is 0 Å². The molecule has 5 heteroatoms. The van der Waals surface area contributed by atoms with Gasteiger partial charge >= 0.3 is 6.03 Å². The van der Waals surface area contributed by atoms with Crippen molar-refractivity contribution in [2.75, 3.05) is 6.54 Å². The molecule has 0 aliphatic heterocycles. The van der Waals surface area contributed by atoms with E-state index in [4.69, 9.17) is 5.26 Å². The number of benzene rings is 1. The Morgan fingerprint density at radius 1 is 1.44 bits per heavy atom. The third kappa shape index (κ3) is 4.42. The molecule has 1 aromatic rings. The van der Waals surface area contributed by atoms with Gasteiger partial charge in [0.2, 0.25) is 0 Å². The number of unbranched alkanes of at least 4 members (excludes halogenated alkanes) is 1. The summed E-state index contributed by atoms with van der Waals surface area (Å²) in [6, 6.07) is 5.72. The maximum absolute atomic E-state index is 13.5. The van der Waals surface area contributed by atoms with Gasteiger partial charge < -0.3 is 10.6 Å². The van der Waals surface area contributed by atoms with E-state index in [2.05, 4.69) is 10.6 Å². The van der Waals surface area contributed by atoms with Gasteiger partial charge in [0.15, 0.2) is 0 Å². The first-order valence-electron chi connectivity index (χ1n) is 5.87. The van der Waals surface area contributed by atoms with Crippen molar-refractivity contribution in [1.29, 1.82) is 5.26 Å². The lowest BCUT2D eigenvalue weighted by Gasteiger charge is -2.08. The van der Waals surface area contributed by atoms with E-state index in [1.54, 1.807) is 0 Å². The molecule has 0 aromatic heterocycles. The summed E-state index contributed by atoms with van der Waals surface area (Å²) >= 11 is 0. The molecule has 0 fully saturated rings. The second-order valence-electron chi connectivity index (χ2n) is 3.88. The molecule has 0 radical (unpaired) electrons. The summed E-state index contributed by atoms with van der Waals surface area (Å²) in [5.74, 6) is -0.483. The highest BCUT2D eigenvalue weighted by atomic mass is 19.1. The monoisotopic (exact) mass is 249 g/mol. The van der Waals surface area contributed by atoms with Crippen LogP contribution in [0.1, 0.15) is 30.9 Å². The molecule has 96 valence electrons. The largest absolute Gasteiger partial charge is 0.338 e. The van der Waals surface area contributed by atoms with Crippen molar-refractivity contribution >= 4 is 6.03 Å². The average Bonchev–Trinajstić information content (AvgIpc) is 2.37. The molecule has 0 bridgehead atoms. The van der Waals surface area contributed by atoms with E-state index in [9.17, 15) is 9.18 Å². The van der Waals surface area contributed by atoms with Gasteiger partial charge in [-0.15, -0.1) is 0 Å². The predicted octanol–water partition coefficient (Wildman–Crippen LogP) is 2.30. The molecule has 1 rings (SSSR count). The molecule has 0 aliphatic rings. The molecular weight excluding hydrogens is 233 g/mol. The first-order valence-corrected chi connectivity index (χ1v) is 5.87. The average molecular weight is 249 g/mol. The molecule has 4 nitrogen and oxygen atoms in total. The number of halogens is 1. The van der Waals surface area contributed by atoms with Crippen LogP contribution in [0.5, 0.6) is 0 Å². The number of carbonyl (C=O) groups excluding carboxylic acids is 1. The summed E-state index contributed by atoms with van der Waals surface area (Å²) in [5.41, 5.74) is 0.628. The van der Waals surface area contributed by atoms with Crippen LogP contribution in [0.25, 0.3) is 0 Å². The number of urea groups is 1. The van der Waals surface area contributed by atoms with Gasteiger partial charge in [-0.25, -0.2) is 9.18 Å². The van der Waals surface area contributed by atoms with E-state index in [-0.39, 0.29) is 18.1 Å². The van der Waals surface area contributed by atoms with Crippen molar-refractivity contribution < 1.29 is 9.18 Å². The number of hydrogen-bond acceptors (Lipinski definition) is 2. The summed E-state index contributed by atoms with van der Waals surface area (Å²) in [6.45, 7) is 2.75. The topological polar surface area (TPSA) is 64.9 Å². The van der Waals surface area contributed by atoms with Crippen LogP contribution in [0.2, 0.25) is 0 Å². The number of hydrogen-bond donors (Lipinski definition) is 2. The van der Waals surface area contributed by atoms with Gasteiger partial charge in [-0.2, -0.15) is 5.26 Å². The zero-order chi connectivity index (χ0) is 13.4. The maximum atomic E-state index is 13.5. The molecular formula is C13H16FN3O. The van der Waals surface area contributed by atoms with E-state index in [0.29, 0.717) is 12.1 Å². The van der Waals surface area contributed by atoms with Crippen LogP contribution in [-0.2, 0) is 6.54 Å². The minimum Gasteiger partial charge on any atom is -0.338 e. The van der Waals surface area contributed by atoms with Gasteiger partial charge in [-0.1, -0.05) is 19.4 Å². The number of rotatable bonds is 5. The quantitative estimate of drug-likeness (QED) is 0.786. The smallest absolute Gasteiger partial charge is 0.315 e. The molecule has 0 heterocycles. The summed E-state index contributed by atoms with van der Waals surface area (Å²) in [5, 5.41) is 13.8. The normalized spacial score (nSPS) is 9.61. The van der Waals surface area contributed by atoms with Crippen molar-refractivity contribution in [3.63, 3.8) is 0 Å². The fourth-order valence-electron chi connectivity index (χ4n) is 1.38. The van der Waals surface area contributed by atoms with Crippen LogP contribution < -0.4 is 10.6 Å². The predicted molar refractivity (Wildman–Crippen MR) is 66.3 cm³/mol. The molecule has 2 N–H and O–H groups in total. The van der Waals surface area contributed by atoms with Gasteiger partial charge in [0, 0.05) is 18.7 Å². The van der Waals surface area contributed by atoms with E-state index < -0.39 is 5.82 Å². The van der Waals surface area contributed by atoms with Crippen LogP contribution in [0.3, 0.4) is 0 Å². The molecule has 0 saturated carbocycles. The fourth-order valence-corrected chi connectivity index (χ4v) is 1.38. The zero-order valence-corrected chi connectivity index (χ0v) is 10.3. The van der Waals surface area contributed by atoms with Crippen LogP contribution in [0, 0.1) is 17.1 Å². The van der Waals surface area contributed by atoms with E-state index >= 15 is 0 Å². The second-order valence-corrected chi connectivity index (χ2v) is 3.88. The minimum absolute atomic E-state index is 0.107. The Labute approximate surface area is 106 Å². The van der Waals surface area contributed by atoms with Gasteiger partial charge in [-0.05, 0) is 18.6 Å². The molecule has 2 amide bonds. The van der Waals surface area contributed by atoms with Gasteiger partial charge in [0.05, 0.1) is 11.6 Å². The van der Waals surface area contributed by atoms with Crippen LogP contribution in [-0.4, -0.2) is 12.6 Å². The number of nitrogens with zero attached hydrogens (tertiary/aromatic N) is 1. The van der Waals surface area contributed by atoms with Crippen molar-refractivity contribution in [1.82, 2.24) is 10.6 Å². The van der Waals surface area contributed by atoms with Crippen molar-refractivity contribution in [3.05, 3.63) is 35.1 Å². The highest BCUT2D eigenvalue weighted by molar-refractivity contribution is 5.73. The Morgan fingerprint density at radius 3 is 2.83 bits per heavy atom. The Balaban J connectivity index is 2.44. The van der Waals surface area contributed by atoms with Crippen LogP contribution in [0.4, 0.5) is 9.18 Å². The third-order valence-corrected chi connectivity index (χ3v) is 2.44. The standard InChI is InChI=1S/C13H16FN3O/c1-2-3-6-16-13(18)17-9-11-5-4-10(8-15)7-12(11)14/h4-5,7H,2-3,6,9H2,1H3,(H2,16,17,18). The lowest BCUT2D eigenvalue weighted by atomic mass is 10.1. The number of nitrogens with one attached hydrogen (secondary N) is 2. The van der Waals surface area contributed by atoms with Crippen molar-refractivity contribution in [2.24, 2.45) is 0 Å². The second kappa shape index (κ2) is 7.28. The fraction of sp³-hybridized carbons (Fsp3) is 0.385. The molecule has 0 saturated heterocycles. The Morgan fingerprint density at radius 2 is 2.22 bits per heavy atom. The summed E-state index contributed by atoms with van der Waals surface area (Å²) in [6.07, 6.45) is 1.92. The maximum Gasteiger partial charge on any atom is 0.315 e. The third-order valence-electron chi connectivity index (χ3n) is 2.44. The summed E-state index contributed by atoms with van der Waals surface area (Å²) in [4.78, 5) is 11.3.